The van der Waals surface area contributed by atoms with Crippen molar-refractivity contribution in [3.8, 4) is 0 Å². The second kappa shape index (κ2) is 2.82. The number of aromatic nitrogens is 2. The van der Waals surface area contributed by atoms with Gasteiger partial charge >= 0.3 is 0 Å². The summed E-state index contributed by atoms with van der Waals surface area (Å²) in [6.07, 6.45) is 0.450. The lowest BCUT2D eigenvalue weighted by molar-refractivity contribution is 0.111. The van der Waals surface area contributed by atoms with E-state index < -0.39 is 0 Å². The van der Waals surface area contributed by atoms with Crippen molar-refractivity contribution < 1.29 is 4.79 Å². The summed E-state index contributed by atoms with van der Waals surface area (Å²) < 4.78 is 0. The monoisotopic (exact) mass is 174 g/mol. The number of carbonyl (C=O) groups excluding carboxylic acids is 1. The maximum Gasteiger partial charge on any atom is 0.218 e. The number of aldehydes is 1. The summed E-state index contributed by atoms with van der Waals surface area (Å²) in [5, 5.41) is 6.74. The smallest absolute Gasteiger partial charge is 0.218 e. The van der Waals surface area contributed by atoms with Gasteiger partial charge in [-0.05, 0) is 12.1 Å². The Kier molecular flexibility index (Phi) is 1.66. The molecule has 64 valence electrons. The highest BCUT2D eigenvalue weighted by molar-refractivity contribution is 5.83. The zero-order chi connectivity index (χ0) is 9.26. The Labute approximate surface area is 73.2 Å². The molecule has 0 bridgehead atoms. The highest BCUT2D eigenvalue weighted by Gasteiger charge is 2.03. The van der Waals surface area contributed by atoms with Crippen molar-refractivity contribution in [2.75, 3.05) is 0 Å². The van der Waals surface area contributed by atoms with Crippen molar-refractivity contribution in [2.45, 2.75) is 0 Å². The second-order valence-electron chi connectivity index (χ2n) is 2.60. The molecule has 2 rings (SSSR count). The minimum absolute atomic E-state index is 0.0845. The quantitative estimate of drug-likeness (QED) is 0.648. The first kappa shape index (κ1) is 7.67. The highest BCUT2D eigenvalue weighted by atomic mass is 16.1. The summed E-state index contributed by atoms with van der Waals surface area (Å²) in [7, 11) is 0. The molecule has 0 aliphatic heterocycles. The Morgan fingerprint density at radius 1 is 1.31 bits per heavy atom. The molecule has 0 saturated heterocycles. The Bertz CT molecular complexity index is 516. The number of fused-ring (bicyclic) bond motifs is 1. The molecule has 1 N–H and O–H groups in total. The number of benzene rings is 1. The minimum atomic E-state index is -0.329. The lowest BCUT2D eigenvalue weighted by Gasteiger charge is -1.95. The van der Waals surface area contributed by atoms with Gasteiger partial charge in [0.15, 0.2) is 12.0 Å². The second-order valence-corrected chi connectivity index (χ2v) is 2.60. The number of rotatable bonds is 1. The van der Waals surface area contributed by atoms with E-state index in [1.165, 1.54) is 0 Å². The topological polar surface area (TPSA) is 62.8 Å². The molecule has 0 aliphatic carbocycles. The van der Waals surface area contributed by atoms with Gasteiger partial charge in [-0.25, -0.2) is 0 Å². The molecular formula is C9H6N2O2. The van der Waals surface area contributed by atoms with Crippen LogP contribution in [-0.4, -0.2) is 16.5 Å². The summed E-state index contributed by atoms with van der Waals surface area (Å²) >= 11 is 0. The van der Waals surface area contributed by atoms with Crippen molar-refractivity contribution in [2.24, 2.45) is 0 Å². The largest absolute Gasteiger partial charge is 0.296 e. The molecule has 0 saturated carbocycles. The van der Waals surface area contributed by atoms with Gasteiger partial charge in [0, 0.05) is 5.39 Å². The minimum Gasteiger partial charge on any atom is -0.296 e. The molecular weight excluding hydrogens is 168 g/mol. The van der Waals surface area contributed by atoms with Gasteiger partial charge in [-0.15, -0.1) is 0 Å². The van der Waals surface area contributed by atoms with Crippen LogP contribution in [0.3, 0.4) is 0 Å². The SMILES string of the molecule is O=Cc1n[nH]c2ccccc2c1=O. The molecule has 0 fully saturated rings. The third-order valence-electron chi connectivity index (χ3n) is 1.81. The first-order chi connectivity index (χ1) is 6.33. The summed E-state index contributed by atoms with van der Waals surface area (Å²) in [5.74, 6) is 0. The predicted octanol–water partition coefficient (Wildman–Crippen LogP) is 0.736. The van der Waals surface area contributed by atoms with E-state index in [1.54, 1.807) is 24.3 Å². The molecule has 1 aromatic heterocycles. The molecule has 0 aliphatic rings. The van der Waals surface area contributed by atoms with E-state index in [4.69, 9.17) is 0 Å². The van der Waals surface area contributed by atoms with Crippen molar-refractivity contribution in [1.82, 2.24) is 10.2 Å². The Hall–Kier alpha value is -1.97. The zero-order valence-corrected chi connectivity index (χ0v) is 6.65. The number of hydrogen-bond acceptors (Lipinski definition) is 3. The molecule has 2 aromatic rings. The van der Waals surface area contributed by atoms with Crippen molar-refractivity contribution in [3.63, 3.8) is 0 Å². The zero-order valence-electron chi connectivity index (χ0n) is 6.65. The molecule has 4 nitrogen and oxygen atoms in total. The molecule has 1 heterocycles. The number of nitrogens with one attached hydrogen (secondary N) is 1. The van der Waals surface area contributed by atoms with Crippen LogP contribution in [0.4, 0.5) is 0 Å². The van der Waals surface area contributed by atoms with E-state index in [2.05, 4.69) is 10.2 Å². The van der Waals surface area contributed by atoms with Crippen LogP contribution in [0.5, 0.6) is 0 Å². The van der Waals surface area contributed by atoms with Gasteiger partial charge in [0.1, 0.15) is 0 Å². The van der Waals surface area contributed by atoms with Crippen LogP contribution in [0, 0.1) is 0 Å². The van der Waals surface area contributed by atoms with Crippen LogP contribution in [0.1, 0.15) is 10.5 Å². The lowest BCUT2D eigenvalue weighted by Crippen LogP contribution is -2.12. The van der Waals surface area contributed by atoms with E-state index in [1.807, 2.05) is 0 Å². The summed E-state index contributed by atoms with van der Waals surface area (Å²) in [4.78, 5) is 21.8. The van der Waals surface area contributed by atoms with E-state index in [9.17, 15) is 9.59 Å². The van der Waals surface area contributed by atoms with Crippen LogP contribution in [-0.2, 0) is 0 Å². The van der Waals surface area contributed by atoms with Crippen LogP contribution in [0.25, 0.3) is 10.9 Å². The van der Waals surface area contributed by atoms with Gasteiger partial charge in [-0.3, -0.25) is 14.7 Å². The standard InChI is InChI=1S/C9H6N2O2/c12-5-8-9(13)6-3-1-2-4-7(6)10-11-8/h1-5H,(H,10,13). The van der Waals surface area contributed by atoms with Crippen molar-refractivity contribution in [1.29, 1.82) is 0 Å². The van der Waals surface area contributed by atoms with Gasteiger partial charge in [0.05, 0.1) is 5.52 Å². The van der Waals surface area contributed by atoms with Gasteiger partial charge in [-0.2, -0.15) is 5.10 Å². The van der Waals surface area contributed by atoms with E-state index in [0.29, 0.717) is 17.2 Å². The summed E-state index contributed by atoms with van der Waals surface area (Å²) in [6, 6.07) is 6.92. The average molecular weight is 174 g/mol. The number of nitrogens with zero attached hydrogens (tertiary/aromatic N) is 1. The van der Waals surface area contributed by atoms with Crippen LogP contribution in [0.15, 0.2) is 29.1 Å². The third-order valence-corrected chi connectivity index (χ3v) is 1.81. The van der Waals surface area contributed by atoms with Crippen molar-refractivity contribution >= 4 is 17.2 Å². The number of aromatic amines is 1. The maximum absolute atomic E-state index is 11.4. The van der Waals surface area contributed by atoms with Gasteiger partial charge < -0.3 is 0 Å². The summed E-state index contributed by atoms with van der Waals surface area (Å²) in [6.45, 7) is 0. The first-order valence-electron chi connectivity index (χ1n) is 3.75. The normalized spacial score (nSPS) is 10.2. The maximum atomic E-state index is 11.4. The van der Waals surface area contributed by atoms with Crippen LogP contribution >= 0.6 is 0 Å². The van der Waals surface area contributed by atoms with E-state index in [-0.39, 0.29) is 11.1 Å². The fourth-order valence-electron chi connectivity index (χ4n) is 1.17. The van der Waals surface area contributed by atoms with E-state index in [0.717, 1.165) is 0 Å². The van der Waals surface area contributed by atoms with Crippen LogP contribution < -0.4 is 5.43 Å². The molecule has 0 amide bonds. The number of H-pyrrole nitrogens is 1. The third kappa shape index (κ3) is 1.12. The number of para-hydroxylation sites is 1. The van der Waals surface area contributed by atoms with Gasteiger partial charge in [-0.1, -0.05) is 12.1 Å². The fourth-order valence-corrected chi connectivity index (χ4v) is 1.17. The molecule has 13 heavy (non-hydrogen) atoms. The molecule has 4 heteroatoms. The van der Waals surface area contributed by atoms with Crippen molar-refractivity contribution in [3.05, 3.63) is 40.2 Å². The molecule has 0 radical (unpaired) electrons. The highest BCUT2D eigenvalue weighted by Crippen LogP contribution is 2.03. The Balaban J connectivity index is 2.95. The predicted molar refractivity (Wildman–Crippen MR) is 47.8 cm³/mol. The van der Waals surface area contributed by atoms with Gasteiger partial charge in [0.25, 0.3) is 0 Å². The molecule has 1 aromatic carbocycles. The molecule has 0 atom stereocenters. The van der Waals surface area contributed by atoms with E-state index >= 15 is 0 Å². The lowest BCUT2D eigenvalue weighted by atomic mass is 10.2. The van der Waals surface area contributed by atoms with Crippen LogP contribution in [0.2, 0.25) is 0 Å². The molecule has 0 unspecified atom stereocenters. The molecule has 0 spiro atoms. The first-order valence-corrected chi connectivity index (χ1v) is 3.75. The Morgan fingerprint density at radius 2 is 2.08 bits per heavy atom. The Morgan fingerprint density at radius 3 is 2.85 bits per heavy atom. The van der Waals surface area contributed by atoms with Gasteiger partial charge in [0.2, 0.25) is 5.43 Å². The fraction of sp³-hybridized carbons (Fsp3) is 0. The average Bonchev–Trinajstić information content (AvgIpc) is 2.19. The number of carbonyl (C=O) groups is 1. The summed E-state index contributed by atoms with van der Waals surface area (Å²) in [5.41, 5.74) is 0.223. The number of hydrogen-bond donors (Lipinski definition) is 1.